The van der Waals surface area contributed by atoms with Crippen LogP contribution in [0.4, 0.5) is 14.5 Å². The van der Waals surface area contributed by atoms with Crippen molar-refractivity contribution in [3.8, 4) is 5.75 Å². The number of carbonyl (C=O) groups is 2. The van der Waals surface area contributed by atoms with Gasteiger partial charge in [-0.2, -0.15) is 0 Å². The van der Waals surface area contributed by atoms with Crippen LogP contribution in [0.1, 0.15) is 42.7 Å². The number of aliphatic hydroxyl groups excluding tert-OH is 1. The van der Waals surface area contributed by atoms with Crippen LogP contribution in [0.15, 0.2) is 36.4 Å². The Morgan fingerprint density at radius 2 is 1.89 bits per heavy atom. The lowest BCUT2D eigenvalue weighted by molar-refractivity contribution is -0.142. The second-order valence-corrected chi connectivity index (χ2v) is 9.75. The SMILES string of the molecule is O=C(C[C@H]1C[C@H]2c3cc(NC(=O)C4CCOCC4)ccc3O[C@H]2[C@@H](CO)O1)NCc1cc(F)ccc1F. The molecule has 2 aromatic carbocycles. The fraction of sp³-hybridized carbons (Fsp3) is 0.481. The summed E-state index contributed by atoms with van der Waals surface area (Å²) in [5, 5.41) is 15.6. The maximum absolute atomic E-state index is 13.9. The number of amides is 2. The van der Waals surface area contributed by atoms with Crippen LogP contribution in [0.5, 0.6) is 5.75 Å². The van der Waals surface area contributed by atoms with Gasteiger partial charge in [-0.15, -0.1) is 0 Å². The van der Waals surface area contributed by atoms with Crippen molar-refractivity contribution in [3.63, 3.8) is 0 Å². The van der Waals surface area contributed by atoms with Gasteiger partial charge in [0, 0.05) is 48.4 Å². The van der Waals surface area contributed by atoms with E-state index < -0.39 is 29.9 Å². The van der Waals surface area contributed by atoms with E-state index in [2.05, 4.69) is 10.6 Å². The summed E-state index contributed by atoms with van der Waals surface area (Å²) in [5.74, 6) is -1.16. The molecular weight excluding hydrogens is 486 g/mol. The third-order valence-electron chi connectivity index (χ3n) is 7.26. The topological polar surface area (TPSA) is 106 Å². The number of nitrogens with one attached hydrogen (secondary N) is 2. The largest absolute Gasteiger partial charge is 0.487 e. The minimum Gasteiger partial charge on any atom is -0.487 e. The number of hydrogen-bond donors (Lipinski definition) is 3. The molecule has 3 aliphatic heterocycles. The second-order valence-electron chi connectivity index (χ2n) is 9.75. The quantitative estimate of drug-likeness (QED) is 0.523. The second kappa shape index (κ2) is 11.1. The first kappa shape index (κ1) is 25.6. The Balaban J connectivity index is 1.24. The van der Waals surface area contributed by atoms with Gasteiger partial charge in [-0.1, -0.05) is 0 Å². The lowest BCUT2D eigenvalue weighted by Crippen LogP contribution is -2.47. The van der Waals surface area contributed by atoms with Gasteiger partial charge in [0.25, 0.3) is 0 Å². The first-order chi connectivity index (χ1) is 17.9. The molecule has 0 aliphatic carbocycles. The Bertz CT molecular complexity index is 1160. The highest BCUT2D eigenvalue weighted by molar-refractivity contribution is 5.92. The lowest BCUT2D eigenvalue weighted by Gasteiger charge is -2.37. The van der Waals surface area contributed by atoms with Crippen LogP contribution in [0, 0.1) is 17.6 Å². The molecule has 3 N–H and O–H groups in total. The van der Waals surface area contributed by atoms with E-state index in [1.165, 1.54) is 0 Å². The first-order valence-electron chi connectivity index (χ1n) is 12.6. The Kier molecular flexibility index (Phi) is 7.68. The molecule has 2 amide bonds. The number of anilines is 1. The summed E-state index contributed by atoms with van der Waals surface area (Å²) in [6, 6.07) is 8.57. The molecule has 2 aromatic rings. The van der Waals surface area contributed by atoms with E-state index in [1.807, 2.05) is 6.07 Å². The van der Waals surface area contributed by atoms with Crippen LogP contribution in [0.25, 0.3) is 0 Å². The van der Waals surface area contributed by atoms with Crippen LogP contribution in [-0.4, -0.2) is 55.1 Å². The van der Waals surface area contributed by atoms with Crippen LogP contribution in [0.2, 0.25) is 0 Å². The zero-order chi connectivity index (χ0) is 25.9. The highest BCUT2D eigenvalue weighted by Gasteiger charge is 2.46. The minimum absolute atomic E-state index is 0.00777. The Labute approximate surface area is 213 Å². The lowest BCUT2D eigenvalue weighted by atomic mass is 9.84. The first-order valence-corrected chi connectivity index (χ1v) is 12.6. The van der Waals surface area contributed by atoms with E-state index in [-0.39, 0.29) is 48.8 Å². The van der Waals surface area contributed by atoms with Gasteiger partial charge in [0.2, 0.25) is 11.8 Å². The summed E-state index contributed by atoms with van der Waals surface area (Å²) in [4.78, 5) is 25.3. The van der Waals surface area contributed by atoms with Crippen LogP contribution < -0.4 is 15.4 Å². The van der Waals surface area contributed by atoms with E-state index in [0.29, 0.717) is 43.9 Å². The molecule has 3 aliphatic rings. The molecule has 0 saturated carbocycles. The molecule has 0 spiro atoms. The summed E-state index contributed by atoms with van der Waals surface area (Å²) in [7, 11) is 0. The predicted octanol–water partition coefficient (Wildman–Crippen LogP) is 3.03. The normalized spacial score (nSPS) is 25.1. The average Bonchev–Trinajstić information content (AvgIpc) is 3.27. The number of fused-ring (bicyclic) bond motifs is 3. The zero-order valence-electron chi connectivity index (χ0n) is 20.3. The van der Waals surface area contributed by atoms with Crippen molar-refractivity contribution in [2.75, 3.05) is 25.1 Å². The van der Waals surface area contributed by atoms with Gasteiger partial charge in [-0.3, -0.25) is 9.59 Å². The van der Waals surface area contributed by atoms with Gasteiger partial charge in [-0.25, -0.2) is 8.78 Å². The van der Waals surface area contributed by atoms with Gasteiger partial charge in [-0.05, 0) is 55.7 Å². The van der Waals surface area contributed by atoms with Crippen molar-refractivity contribution in [1.82, 2.24) is 5.32 Å². The summed E-state index contributed by atoms with van der Waals surface area (Å²) >= 11 is 0. The van der Waals surface area contributed by atoms with Gasteiger partial charge in [0.15, 0.2) is 0 Å². The third kappa shape index (κ3) is 5.76. The van der Waals surface area contributed by atoms with E-state index in [0.717, 1.165) is 23.8 Å². The Hall–Kier alpha value is -3.08. The molecule has 2 fully saturated rings. The maximum Gasteiger partial charge on any atom is 0.227 e. The number of ether oxygens (including phenoxy) is 3. The number of benzene rings is 2. The number of aliphatic hydroxyl groups is 1. The molecule has 5 rings (SSSR count). The molecule has 0 aromatic heterocycles. The average molecular weight is 517 g/mol. The number of halogens is 2. The number of rotatable bonds is 7. The monoisotopic (exact) mass is 516 g/mol. The molecule has 0 unspecified atom stereocenters. The van der Waals surface area contributed by atoms with E-state index in [1.54, 1.807) is 12.1 Å². The predicted molar refractivity (Wildman–Crippen MR) is 129 cm³/mol. The standard InChI is InChI=1S/C27H30F2N2O6/c28-17-1-3-22(29)16(9-17)13-30-25(33)12-19-11-21-20-10-18(31-27(34)15-5-7-35-8-6-15)2-4-23(20)37-26(21)24(14-32)36-19/h1-4,9-10,15,19,21,24,26,32H,5-8,11-14H2,(H,30,33)(H,31,34)/t19-,21+,24-,26-/m1/s1. The van der Waals surface area contributed by atoms with Crippen molar-refractivity contribution in [2.45, 2.75) is 56.5 Å². The summed E-state index contributed by atoms with van der Waals surface area (Å²) in [6.07, 6.45) is 0.281. The van der Waals surface area contributed by atoms with Crippen molar-refractivity contribution < 1.29 is 37.7 Å². The summed E-state index contributed by atoms with van der Waals surface area (Å²) in [6.45, 7) is 0.727. The van der Waals surface area contributed by atoms with Crippen LogP contribution in [0.3, 0.4) is 0 Å². The molecule has 37 heavy (non-hydrogen) atoms. The van der Waals surface area contributed by atoms with Crippen molar-refractivity contribution >= 4 is 17.5 Å². The van der Waals surface area contributed by atoms with Crippen LogP contribution in [-0.2, 0) is 25.6 Å². The zero-order valence-corrected chi connectivity index (χ0v) is 20.3. The molecule has 198 valence electrons. The fourth-order valence-electron chi connectivity index (χ4n) is 5.32. The highest BCUT2D eigenvalue weighted by Crippen LogP contribution is 2.47. The molecule has 10 heteroatoms. The maximum atomic E-state index is 13.9. The molecule has 4 atom stereocenters. The molecule has 3 heterocycles. The third-order valence-corrected chi connectivity index (χ3v) is 7.26. The minimum atomic E-state index is -0.634. The van der Waals surface area contributed by atoms with Gasteiger partial charge < -0.3 is 30.0 Å². The molecular formula is C27H30F2N2O6. The number of hydrogen-bond acceptors (Lipinski definition) is 6. The summed E-state index contributed by atoms with van der Waals surface area (Å²) in [5.41, 5.74) is 1.61. The summed E-state index contributed by atoms with van der Waals surface area (Å²) < 4.78 is 44.7. The van der Waals surface area contributed by atoms with Crippen LogP contribution >= 0.6 is 0 Å². The molecule has 2 saturated heterocycles. The molecule has 0 radical (unpaired) electrons. The molecule has 8 nitrogen and oxygen atoms in total. The van der Waals surface area contributed by atoms with Crippen molar-refractivity contribution in [1.29, 1.82) is 0 Å². The van der Waals surface area contributed by atoms with E-state index in [9.17, 15) is 23.5 Å². The van der Waals surface area contributed by atoms with Gasteiger partial charge in [0.1, 0.15) is 29.6 Å². The fourth-order valence-corrected chi connectivity index (χ4v) is 5.32. The smallest absolute Gasteiger partial charge is 0.227 e. The van der Waals surface area contributed by atoms with Gasteiger partial charge >= 0.3 is 0 Å². The van der Waals surface area contributed by atoms with Gasteiger partial charge in [0.05, 0.1) is 19.1 Å². The number of carbonyl (C=O) groups excluding carboxylic acids is 2. The van der Waals surface area contributed by atoms with Crippen molar-refractivity contribution in [2.24, 2.45) is 5.92 Å². The highest BCUT2D eigenvalue weighted by atomic mass is 19.1. The van der Waals surface area contributed by atoms with E-state index in [4.69, 9.17) is 14.2 Å². The molecule has 0 bridgehead atoms. The van der Waals surface area contributed by atoms with E-state index >= 15 is 0 Å². The Morgan fingerprint density at radius 3 is 2.68 bits per heavy atom. The Morgan fingerprint density at radius 1 is 1.08 bits per heavy atom. The van der Waals surface area contributed by atoms with Crippen molar-refractivity contribution in [3.05, 3.63) is 59.2 Å².